The van der Waals surface area contributed by atoms with Gasteiger partial charge in [-0.3, -0.25) is 14.4 Å². The molecule has 2 unspecified atom stereocenters. The number of carboxylic acid groups (broad SMARTS) is 1. The molecule has 2 amide bonds. The molecule has 2 atom stereocenters. The Morgan fingerprint density at radius 1 is 1.11 bits per heavy atom. The van der Waals surface area contributed by atoms with Gasteiger partial charge in [-0.1, -0.05) is 13.8 Å². The summed E-state index contributed by atoms with van der Waals surface area (Å²) in [4.78, 5) is 33.6. The zero-order valence-corrected chi connectivity index (χ0v) is 10.7. The van der Waals surface area contributed by atoms with Crippen molar-refractivity contribution in [3.05, 3.63) is 0 Å². The second-order valence-electron chi connectivity index (χ2n) is 4.87. The molecular formula is C12H20N2O4. The van der Waals surface area contributed by atoms with E-state index in [-0.39, 0.29) is 17.7 Å². The highest BCUT2D eigenvalue weighted by atomic mass is 16.4. The second kappa shape index (κ2) is 6.37. The van der Waals surface area contributed by atoms with Gasteiger partial charge in [-0.15, -0.1) is 0 Å². The van der Waals surface area contributed by atoms with E-state index >= 15 is 0 Å². The van der Waals surface area contributed by atoms with E-state index in [0.29, 0.717) is 25.9 Å². The summed E-state index contributed by atoms with van der Waals surface area (Å²) in [5, 5.41) is 14.1. The summed E-state index contributed by atoms with van der Waals surface area (Å²) in [6, 6.07) is 0. The highest BCUT2D eigenvalue weighted by molar-refractivity contribution is 5.86. The van der Waals surface area contributed by atoms with Crippen LogP contribution in [0.5, 0.6) is 0 Å². The smallest absolute Gasteiger partial charge is 0.307 e. The Kier molecular flexibility index (Phi) is 5.12. The molecule has 0 radical (unpaired) electrons. The van der Waals surface area contributed by atoms with Gasteiger partial charge in [0.15, 0.2) is 0 Å². The number of amides is 2. The third-order valence-corrected chi connectivity index (χ3v) is 3.18. The molecule has 0 aliphatic heterocycles. The van der Waals surface area contributed by atoms with Crippen LogP contribution in [-0.2, 0) is 14.4 Å². The molecule has 1 rings (SSSR count). The fraction of sp³-hybridized carbons (Fsp3) is 0.750. The molecule has 0 bridgehead atoms. The summed E-state index contributed by atoms with van der Waals surface area (Å²) >= 11 is 0. The molecule has 1 aliphatic rings. The van der Waals surface area contributed by atoms with Crippen molar-refractivity contribution in [3.8, 4) is 0 Å². The van der Waals surface area contributed by atoms with E-state index in [9.17, 15) is 14.4 Å². The number of rotatable bonds is 6. The molecule has 0 saturated heterocycles. The van der Waals surface area contributed by atoms with Crippen molar-refractivity contribution in [1.29, 1.82) is 0 Å². The number of carboxylic acids is 1. The van der Waals surface area contributed by atoms with Crippen molar-refractivity contribution in [1.82, 2.24) is 10.6 Å². The minimum atomic E-state index is -0.908. The maximum atomic E-state index is 11.6. The third kappa shape index (κ3) is 3.72. The molecule has 6 nitrogen and oxygen atoms in total. The van der Waals surface area contributed by atoms with Gasteiger partial charge < -0.3 is 15.7 Å². The summed E-state index contributed by atoms with van der Waals surface area (Å²) in [5.41, 5.74) is 0. The van der Waals surface area contributed by atoms with Crippen LogP contribution in [0.2, 0.25) is 0 Å². The third-order valence-electron chi connectivity index (χ3n) is 3.18. The SMILES string of the molecule is CC(C)C(=O)NCCNC(=O)C1CCC1C(=O)O. The fourth-order valence-electron chi connectivity index (χ4n) is 1.82. The van der Waals surface area contributed by atoms with E-state index < -0.39 is 17.8 Å². The Hall–Kier alpha value is -1.59. The molecular weight excluding hydrogens is 236 g/mol. The fourth-order valence-corrected chi connectivity index (χ4v) is 1.82. The average Bonchev–Trinajstić information content (AvgIpc) is 2.21. The zero-order chi connectivity index (χ0) is 13.7. The van der Waals surface area contributed by atoms with Crippen LogP contribution >= 0.6 is 0 Å². The van der Waals surface area contributed by atoms with Crippen LogP contribution in [0.25, 0.3) is 0 Å². The van der Waals surface area contributed by atoms with Crippen LogP contribution < -0.4 is 10.6 Å². The molecule has 0 aromatic carbocycles. The minimum absolute atomic E-state index is 0.0590. The molecule has 3 N–H and O–H groups in total. The predicted molar refractivity (Wildman–Crippen MR) is 64.7 cm³/mol. The summed E-state index contributed by atoms with van der Waals surface area (Å²) in [5.74, 6) is -2.24. The van der Waals surface area contributed by atoms with Crippen LogP contribution in [0.3, 0.4) is 0 Å². The molecule has 6 heteroatoms. The highest BCUT2D eigenvalue weighted by Crippen LogP contribution is 2.34. The second-order valence-corrected chi connectivity index (χ2v) is 4.87. The first-order chi connectivity index (χ1) is 8.43. The van der Waals surface area contributed by atoms with Crippen molar-refractivity contribution in [2.75, 3.05) is 13.1 Å². The van der Waals surface area contributed by atoms with Crippen molar-refractivity contribution >= 4 is 17.8 Å². The highest BCUT2D eigenvalue weighted by Gasteiger charge is 2.41. The molecule has 0 aromatic heterocycles. The molecule has 102 valence electrons. The number of carbonyl (C=O) groups is 3. The first kappa shape index (κ1) is 14.5. The largest absolute Gasteiger partial charge is 0.481 e. The maximum absolute atomic E-state index is 11.6. The van der Waals surface area contributed by atoms with E-state index in [0.717, 1.165) is 0 Å². The molecule has 0 spiro atoms. The number of aliphatic carboxylic acids is 1. The van der Waals surface area contributed by atoms with E-state index in [1.54, 1.807) is 13.8 Å². The lowest BCUT2D eigenvalue weighted by Gasteiger charge is -2.31. The first-order valence-corrected chi connectivity index (χ1v) is 6.21. The molecule has 0 aromatic rings. The van der Waals surface area contributed by atoms with Crippen LogP contribution in [-0.4, -0.2) is 36.0 Å². The lowest BCUT2D eigenvalue weighted by Crippen LogP contribution is -2.46. The van der Waals surface area contributed by atoms with Crippen LogP contribution in [0.15, 0.2) is 0 Å². The Bertz CT molecular complexity index is 341. The quantitative estimate of drug-likeness (QED) is 0.582. The molecule has 18 heavy (non-hydrogen) atoms. The van der Waals surface area contributed by atoms with Crippen molar-refractivity contribution in [3.63, 3.8) is 0 Å². The number of nitrogens with one attached hydrogen (secondary N) is 2. The van der Waals surface area contributed by atoms with Gasteiger partial charge in [-0.25, -0.2) is 0 Å². The number of carbonyl (C=O) groups excluding carboxylic acids is 2. The summed E-state index contributed by atoms with van der Waals surface area (Å²) in [7, 11) is 0. The molecule has 1 aliphatic carbocycles. The molecule has 0 heterocycles. The number of hydrogen-bond donors (Lipinski definition) is 3. The summed E-state index contributed by atoms with van der Waals surface area (Å²) < 4.78 is 0. The minimum Gasteiger partial charge on any atom is -0.481 e. The lowest BCUT2D eigenvalue weighted by molar-refractivity contribution is -0.152. The molecule has 1 saturated carbocycles. The maximum Gasteiger partial charge on any atom is 0.307 e. The number of hydrogen-bond acceptors (Lipinski definition) is 3. The van der Waals surface area contributed by atoms with E-state index in [4.69, 9.17) is 5.11 Å². The monoisotopic (exact) mass is 256 g/mol. The Morgan fingerprint density at radius 3 is 2.11 bits per heavy atom. The Labute approximate surface area is 106 Å². The Balaban J connectivity index is 2.18. The predicted octanol–water partition coefficient (Wildman–Crippen LogP) is -0.0144. The average molecular weight is 256 g/mol. The van der Waals surface area contributed by atoms with E-state index in [1.165, 1.54) is 0 Å². The topological polar surface area (TPSA) is 95.5 Å². The van der Waals surface area contributed by atoms with Gasteiger partial charge in [0, 0.05) is 19.0 Å². The van der Waals surface area contributed by atoms with Gasteiger partial charge in [0.05, 0.1) is 11.8 Å². The van der Waals surface area contributed by atoms with Gasteiger partial charge >= 0.3 is 5.97 Å². The van der Waals surface area contributed by atoms with Gasteiger partial charge in [-0.2, -0.15) is 0 Å². The van der Waals surface area contributed by atoms with Crippen molar-refractivity contribution < 1.29 is 19.5 Å². The van der Waals surface area contributed by atoms with Crippen LogP contribution in [0, 0.1) is 17.8 Å². The zero-order valence-electron chi connectivity index (χ0n) is 10.7. The van der Waals surface area contributed by atoms with Crippen LogP contribution in [0.1, 0.15) is 26.7 Å². The van der Waals surface area contributed by atoms with Gasteiger partial charge in [-0.05, 0) is 12.8 Å². The summed E-state index contributed by atoms with van der Waals surface area (Å²) in [6.07, 6.45) is 1.19. The van der Waals surface area contributed by atoms with E-state index in [2.05, 4.69) is 10.6 Å². The first-order valence-electron chi connectivity index (χ1n) is 6.21. The van der Waals surface area contributed by atoms with Crippen LogP contribution in [0.4, 0.5) is 0 Å². The van der Waals surface area contributed by atoms with Gasteiger partial charge in [0.2, 0.25) is 11.8 Å². The Morgan fingerprint density at radius 2 is 1.67 bits per heavy atom. The van der Waals surface area contributed by atoms with Gasteiger partial charge in [0.1, 0.15) is 0 Å². The normalized spacial score (nSPS) is 22.2. The van der Waals surface area contributed by atoms with E-state index in [1.807, 2.05) is 0 Å². The van der Waals surface area contributed by atoms with Crippen molar-refractivity contribution in [2.24, 2.45) is 17.8 Å². The molecule has 1 fully saturated rings. The lowest BCUT2D eigenvalue weighted by atomic mass is 9.73. The summed E-state index contributed by atoms with van der Waals surface area (Å²) in [6.45, 7) is 4.28. The van der Waals surface area contributed by atoms with Crippen molar-refractivity contribution in [2.45, 2.75) is 26.7 Å². The van der Waals surface area contributed by atoms with Gasteiger partial charge in [0.25, 0.3) is 0 Å². The standard InChI is InChI=1S/C12H20N2O4/c1-7(2)10(15)13-5-6-14-11(16)8-3-4-9(8)12(17)18/h7-9H,3-6H2,1-2H3,(H,13,15)(H,14,16)(H,17,18).